The van der Waals surface area contributed by atoms with Crippen LogP contribution in [0.3, 0.4) is 0 Å². The third-order valence-electron chi connectivity index (χ3n) is 3.75. The van der Waals surface area contributed by atoms with Crippen LogP contribution in [0.5, 0.6) is 11.5 Å². The van der Waals surface area contributed by atoms with Gasteiger partial charge in [-0.15, -0.1) is 5.10 Å². The minimum Gasteiger partial charge on any atom is -0.497 e. The number of hydrogen-bond acceptors (Lipinski definition) is 6. The molecule has 7 nitrogen and oxygen atoms in total. The van der Waals surface area contributed by atoms with Gasteiger partial charge in [0.1, 0.15) is 36.0 Å². The Bertz CT molecular complexity index is 684. The van der Waals surface area contributed by atoms with E-state index in [1.165, 1.54) is 0 Å². The second-order valence-corrected chi connectivity index (χ2v) is 5.18. The minimum atomic E-state index is -0.0966. The molecule has 1 unspecified atom stereocenters. The maximum atomic E-state index is 9.18. The summed E-state index contributed by atoms with van der Waals surface area (Å²) < 4.78 is 18.2. The van der Waals surface area contributed by atoms with Crippen LogP contribution < -0.4 is 9.47 Å². The van der Waals surface area contributed by atoms with Gasteiger partial charge in [-0.05, 0) is 37.1 Å². The molecule has 0 saturated carbocycles. The zero-order chi connectivity index (χ0) is 16.1. The first-order chi connectivity index (χ1) is 11.3. The number of aromatic nitrogens is 3. The van der Waals surface area contributed by atoms with Crippen LogP contribution >= 0.6 is 0 Å². The van der Waals surface area contributed by atoms with Gasteiger partial charge in [0.2, 0.25) is 0 Å². The maximum absolute atomic E-state index is 9.18. The van der Waals surface area contributed by atoms with Gasteiger partial charge >= 0.3 is 0 Å². The molecule has 1 aliphatic rings. The lowest BCUT2D eigenvalue weighted by atomic mass is 10.1. The molecule has 1 aromatic carbocycles. The summed E-state index contributed by atoms with van der Waals surface area (Å²) in [5.74, 6) is 1.54. The second kappa shape index (κ2) is 7.11. The third kappa shape index (κ3) is 3.43. The van der Waals surface area contributed by atoms with Crippen LogP contribution in [0.4, 0.5) is 0 Å². The molecule has 3 rings (SSSR count). The second-order valence-electron chi connectivity index (χ2n) is 5.18. The molecule has 0 aliphatic carbocycles. The van der Waals surface area contributed by atoms with Crippen molar-refractivity contribution >= 4 is 0 Å². The highest BCUT2D eigenvalue weighted by Gasteiger charge is 2.26. The van der Waals surface area contributed by atoms with Crippen molar-refractivity contribution in [2.45, 2.75) is 25.5 Å². The molecule has 0 spiro atoms. The SMILES string of the molecule is COc1ccc(OCCn2nnc(C#N)c2C2CCCO2)cc1. The Labute approximate surface area is 134 Å². The van der Waals surface area contributed by atoms with E-state index in [1.54, 1.807) is 11.8 Å². The Morgan fingerprint density at radius 2 is 2.13 bits per heavy atom. The molecule has 2 aromatic rings. The standard InChI is InChI=1S/C16H18N4O3/c1-21-12-4-6-13(7-5-12)22-10-8-20-16(14(11-17)18-19-20)15-3-2-9-23-15/h4-7,15H,2-3,8-10H2,1H3. The Kier molecular flexibility index (Phi) is 4.74. The summed E-state index contributed by atoms with van der Waals surface area (Å²) in [7, 11) is 1.62. The van der Waals surface area contributed by atoms with Crippen LogP contribution in [0, 0.1) is 11.3 Å². The quantitative estimate of drug-likeness (QED) is 0.812. The Morgan fingerprint density at radius 1 is 1.35 bits per heavy atom. The molecule has 23 heavy (non-hydrogen) atoms. The number of hydrogen-bond donors (Lipinski definition) is 0. The van der Waals surface area contributed by atoms with Gasteiger partial charge in [0.05, 0.1) is 13.7 Å². The van der Waals surface area contributed by atoms with E-state index in [-0.39, 0.29) is 6.10 Å². The molecule has 7 heteroatoms. The maximum Gasteiger partial charge on any atom is 0.188 e. The minimum absolute atomic E-state index is 0.0966. The number of benzene rings is 1. The third-order valence-corrected chi connectivity index (χ3v) is 3.75. The molecule has 0 radical (unpaired) electrons. The van der Waals surface area contributed by atoms with Crippen molar-refractivity contribution in [3.63, 3.8) is 0 Å². The monoisotopic (exact) mass is 314 g/mol. The van der Waals surface area contributed by atoms with Crippen LogP contribution in [0.25, 0.3) is 0 Å². The average Bonchev–Trinajstić information content (AvgIpc) is 3.24. The van der Waals surface area contributed by atoms with Crippen molar-refractivity contribution in [1.29, 1.82) is 5.26 Å². The summed E-state index contributed by atoms with van der Waals surface area (Å²) in [5, 5.41) is 17.2. The van der Waals surface area contributed by atoms with Crippen molar-refractivity contribution < 1.29 is 14.2 Å². The van der Waals surface area contributed by atoms with Crippen molar-refractivity contribution in [1.82, 2.24) is 15.0 Å². The molecule has 1 fully saturated rings. The molecule has 2 heterocycles. The predicted octanol–water partition coefficient (Wildman–Crippen LogP) is 2.09. The molecular formula is C16H18N4O3. The molecule has 1 aliphatic heterocycles. The lowest BCUT2D eigenvalue weighted by molar-refractivity contribution is 0.103. The van der Waals surface area contributed by atoms with Gasteiger partial charge in [0, 0.05) is 6.61 Å². The van der Waals surface area contributed by atoms with E-state index in [1.807, 2.05) is 24.3 Å². The molecule has 120 valence electrons. The van der Waals surface area contributed by atoms with E-state index < -0.39 is 0 Å². The predicted molar refractivity (Wildman–Crippen MR) is 81.2 cm³/mol. The van der Waals surface area contributed by atoms with Crippen molar-refractivity contribution in [2.75, 3.05) is 20.3 Å². The van der Waals surface area contributed by atoms with Gasteiger partial charge in [-0.3, -0.25) is 0 Å². The molecule has 0 amide bonds. The van der Waals surface area contributed by atoms with Crippen molar-refractivity contribution in [3.05, 3.63) is 35.7 Å². The summed E-state index contributed by atoms with van der Waals surface area (Å²) in [4.78, 5) is 0. The van der Waals surface area contributed by atoms with Crippen LogP contribution in [-0.2, 0) is 11.3 Å². The van der Waals surface area contributed by atoms with Gasteiger partial charge in [-0.25, -0.2) is 4.68 Å². The normalized spacial score (nSPS) is 17.0. The van der Waals surface area contributed by atoms with E-state index in [4.69, 9.17) is 14.2 Å². The first kappa shape index (κ1) is 15.3. The fraction of sp³-hybridized carbons (Fsp3) is 0.438. The van der Waals surface area contributed by atoms with E-state index >= 15 is 0 Å². The average molecular weight is 314 g/mol. The summed E-state index contributed by atoms with van der Waals surface area (Å²) in [5.41, 5.74) is 1.09. The smallest absolute Gasteiger partial charge is 0.188 e. The highest BCUT2D eigenvalue weighted by Crippen LogP contribution is 2.29. The number of ether oxygens (including phenoxy) is 3. The van der Waals surface area contributed by atoms with Crippen LogP contribution in [0.1, 0.15) is 30.3 Å². The van der Waals surface area contributed by atoms with Gasteiger partial charge in [0.25, 0.3) is 0 Å². The van der Waals surface area contributed by atoms with Crippen LogP contribution in [0.2, 0.25) is 0 Å². The van der Waals surface area contributed by atoms with E-state index in [9.17, 15) is 5.26 Å². The van der Waals surface area contributed by atoms with Gasteiger partial charge < -0.3 is 14.2 Å². The summed E-state index contributed by atoms with van der Waals surface area (Å²) in [6.45, 7) is 1.65. The molecule has 1 saturated heterocycles. The number of rotatable bonds is 6. The molecular weight excluding hydrogens is 296 g/mol. The van der Waals surface area contributed by atoms with E-state index in [0.29, 0.717) is 25.5 Å². The van der Waals surface area contributed by atoms with Crippen molar-refractivity contribution in [3.8, 4) is 17.6 Å². The number of nitrogens with zero attached hydrogens (tertiary/aromatic N) is 4. The molecule has 1 atom stereocenters. The summed E-state index contributed by atoms with van der Waals surface area (Å²) in [6.07, 6.45) is 1.78. The van der Waals surface area contributed by atoms with Crippen LogP contribution in [0.15, 0.2) is 24.3 Å². The Hall–Kier alpha value is -2.59. The van der Waals surface area contributed by atoms with E-state index in [2.05, 4.69) is 16.4 Å². The summed E-state index contributed by atoms with van der Waals surface area (Å²) >= 11 is 0. The highest BCUT2D eigenvalue weighted by atomic mass is 16.5. The zero-order valence-electron chi connectivity index (χ0n) is 12.9. The first-order valence-electron chi connectivity index (χ1n) is 7.53. The van der Waals surface area contributed by atoms with Gasteiger partial charge in [-0.1, -0.05) is 5.21 Å². The van der Waals surface area contributed by atoms with Crippen molar-refractivity contribution in [2.24, 2.45) is 0 Å². The largest absolute Gasteiger partial charge is 0.497 e. The molecule has 0 bridgehead atoms. The zero-order valence-corrected chi connectivity index (χ0v) is 12.9. The Balaban J connectivity index is 1.63. The summed E-state index contributed by atoms with van der Waals surface area (Å²) in [6, 6.07) is 9.47. The van der Waals surface area contributed by atoms with Gasteiger partial charge in [-0.2, -0.15) is 5.26 Å². The highest BCUT2D eigenvalue weighted by molar-refractivity contribution is 5.31. The fourth-order valence-electron chi connectivity index (χ4n) is 2.60. The van der Waals surface area contributed by atoms with Gasteiger partial charge in [0.15, 0.2) is 5.69 Å². The fourth-order valence-corrected chi connectivity index (χ4v) is 2.60. The lowest BCUT2D eigenvalue weighted by Gasteiger charge is -2.12. The van der Waals surface area contributed by atoms with Crippen LogP contribution in [-0.4, -0.2) is 35.3 Å². The Morgan fingerprint density at radius 3 is 2.78 bits per heavy atom. The molecule has 0 N–H and O–H groups in total. The molecule has 1 aromatic heterocycles. The topological polar surface area (TPSA) is 82.2 Å². The first-order valence-corrected chi connectivity index (χ1v) is 7.53. The lowest BCUT2D eigenvalue weighted by Crippen LogP contribution is -2.15. The van der Waals surface area contributed by atoms with E-state index in [0.717, 1.165) is 30.0 Å². The number of nitriles is 1. The number of methoxy groups -OCH3 is 1.